The van der Waals surface area contributed by atoms with Gasteiger partial charge in [-0.05, 0) is 83.2 Å². The van der Waals surface area contributed by atoms with Crippen LogP contribution in [0.1, 0.15) is 75.8 Å². The molecule has 0 bridgehead atoms. The Kier molecular flexibility index (Phi) is 10.1. The summed E-state index contributed by atoms with van der Waals surface area (Å²) in [5.74, 6) is -0.641. The number of carbonyl (C=O) groups is 3. The average molecular weight is 496 g/mol. The van der Waals surface area contributed by atoms with Gasteiger partial charge in [-0.25, -0.2) is 4.79 Å². The van der Waals surface area contributed by atoms with Gasteiger partial charge in [0.25, 0.3) is 5.91 Å². The van der Waals surface area contributed by atoms with Crippen molar-refractivity contribution in [2.24, 2.45) is 0 Å². The third-order valence-electron chi connectivity index (χ3n) is 5.92. The van der Waals surface area contributed by atoms with E-state index in [1.165, 1.54) is 0 Å². The molecule has 2 atom stereocenters. The molecule has 0 saturated heterocycles. The van der Waals surface area contributed by atoms with Gasteiger partial charge in [0.05, 0.1) is 0 Å². The highest BCUT2D eigenvalue weighted by atomic mass is 16.6. The van der Waals surface area contributed by atoms with Crippen LogP contribution in [0.2, 0.25) is 0 Å². The van der Waals surface area contributed by atoms with E-state index < -0.39 is 23.8 Å². The minimum atomic E-state index is -0.880. The molecule has 0 aliphatic carbocycles. The van der Waals surface area contributed by atoms with Gasteiger partial charge in [-0.1, -0.05) is 49.7 Å². The minimum absolute atomic E-state index is 0.296. The number of aryl methyl sites for hydroxylation is 3. The number of amides is 3. The smallest absolute Gasteiger partial charge is 0.408 e. The van der Waals surface area contributed by atoms with Gasteiger partial charge < -0.3 is 20.3 Å². The Morgan fingerprint density at radius 1 is 0.944 bits per heavy atom. The summed E-state index contributed by atoms with van der Waals surface area (Å²) in [4.78, 5) is 41.7. The van der Waals surface area contributed by atoms with Gasteiger partial charge in [-0.15, -0.1) is 0 Å². The maximum atomic E-state index is 13.9. The third kappa shape index (κ3) is 7.83. The lowest BCUT2D eigenvalue weighted by atomic mass is 9.93. The summed E-state index contributed by atoms with van der Waals surface area (Å²) in [7, 11) is 0. The fourth-order valence-corrected chi connectivity index (χ4v) is 4.09. The zero-order valence-corrected chi connectivity index (χ0v) is 22.9. The van der Waals surface area contributed by atoms with E-state index in [0.717, 1.165) is 28.7 Å². The molecule has 0 aromatic heterocycles. The lowest BCUT2D eigenvalue weighted by Gasteiger charge is -2.35. The second-order valence-corrected chi connectivity index (χ2v) is 10.3. The van der Waals surface area contributed by atoms with Crippen molar-refractivity contribution in [3.8, 4) is 0 Å². The molecule has 0 spiro atoms. The Labute approximate surface area is 215 Å². The van der Waals surface area contributed by atoms with Crippen LogP contribution in [0.25, 0.3) is 0 Å². The monoisotopic (exact) mass is 495 g/mol. The van der Waals surface area contributed by atoms with Crippen molar-refractivity contribution in [2.75, 3.05) is 11.9 Å². The van der Waals surface area contributed by atoms with E-state index in [0.29, 0.717) is 18.7 Å². The highest BCUT2D eigenvalue weighted by molar-refractivity contribution is 5.99. The van der Waals surface area contributed by atoms with Crippen LogP contribution in [-0.2, 0) is 14.3 Å². The number of anilines is 1. The SMILES string of the molecule is CCCCN(C(=O)C(C)NC(=O)OC(C)(C)C)C(C(=O)Nc1ccccc1C)c1c(C)cccc1C. The van der Waals surface area contributed by atoms with Gasteiger partial charge >= 0.3 is 6.09 Å². The lowest BCUT2D eigenvalue weighted by molar-refractivity contribution is -0.140. The molecule has 0 heterocycles. The number of carbonyl (C=O) groups excluding carboxylic acids is 3. The van der Waals surface area contributed by atoms with E-state index in [2.05, 4.69) is 10.6 Å². The zero-order chi connectivity index (χ0) is 27.0. The summed E-state index contributed by atoms with van der Waals surface area (Å²) in [5.41, 5.74) is 3.56. The number of benzene rings is 2. The third-order valence-corrected chi connectivity index (χ3v) is 5.92. The molecule has 36 heavy (non-hydrogen) atoms. The molecule has 3 amide bonds. The Morgan fingerprint density at radius 2 is 1.53 bits per heavy atom. The number of nitrogens with zero attached hydrogens (tertiary/aromatic N) is 1. The Morgan fingerprint density at radius 3 is 2.08 bits per heavy atom. The molecule has 7 nitrogen and oxygen atoms in total. The predicted octanol–water partition coefficient (Wildman–Crippen LogP) is 5.83. The lowest BCUT2D eigenvalue weighted by Crippen LogP contribution is -2.51. The van der Waals surface area contributed by atoms with Crippen LogP contribution in [0.5, 0.6) is 0 Å². The molecule has 0 fully saturated rings. The van der Waals surface area contributed by atoms with Crippen LogP contribution in [-0.4, -0.2) is 41.0 Å². The Balaban J connectivity index is 2.50. The van der Waals surface area contributed by atoms with Gasteiger partial charge in [0, 0.05) is 12.2 Å². The fraction of sp³-hybridized carbons (Fsp3) is 0.483. The number of alkyl carbamates (subject to hydrolysis) is 1. The first-order chi connectivity index (χ1) is 16.9. The van der Waals surface area contributed by atoms with Gasteiger partial charge in [-0.3, -0.25) is 9.59 Å². The van der Waals surface area contributed by atoms with E-state index in [-0.39, 0.29) is 11.8 Å². The maximum absolute atomic E-state index is 13.9. The van der Waals surface area contributed by atoms with Gasteiger partial charge in [0.1, 0.15) is 17.7 Å². The van der Waals surface area contributed by atoms with Crippen molar-refractivity contribution in [1.29, 1.82) is 0 Å². The molecule has 2 unspecified atom stereocenters. The normalized spacial score (nSPS) is 12.9. The zero-order valence-electron chi connectivity index (χ0n) is 22.9. The molecule has 2 rings (SSSR count). The molecule has 7 heteroatoms. The van der Waals surface area contributed by atoms with Crippen molar-refractivity contribution in [3.05, 3.63) is 64.7 Å². The molecule has 196 valence electrons. The first kappa shape index (κ1) is 28.9. The molecule has 0 radical (unpaired) electrons. The summed E-state index contributed by atoms with van der Waals surface area (Å²) in [6, 6.07) is 11.6. The van der Waals surface area contributed by atoms with Crippen LogP contribution in [0, 0.1) is 20.8 Å². The number of hydrogen-bond donors (Lipinski definition) is 2. The summed E-state index contributed by atoms with van der Waals surface area (Å²) >= 11 is 0. The Bertz CT molecular complexity index is 1050. The van der Waals surface area contributed by atoms with Gasteiger partial charge in [0.2, 0.25) is 5.91 Å². The standard InChI is InChI=1S/C29H41N3O4/c1-9-10-18-32(27(34)22(5)30-28(35)36-29(6,7)8)25(24-20(3)15-13-16-21(24)4)26(33)31-23-17-12-11-14-19(23)2/h11-17,22,25H,9-10,18H2,1-8H3,(H,30,35)(H,31,33). The first-order valence-electron chi connectivity index (χ1n) is 12.6. The van der Waals surface area contributed by atoms with E-state index in [4.69, 9.17) is 4.74 Å². The first-order valence-corrected chi connectivity index (χ1v) is 12.6. The summed E-state index contributed by atoms with van der Waals surface area (Å²) in [6.07, 6.45) is 0.882. The number of unbranched alkanes of at least 4 members (excludes halogenated alkanes) is 1. The van der Waals surface area contributed by atoms with Gasteiger partial charge in [-0.2, -0.15) is 0 Å². The van der Waals surface area contributed by atoms with Crippen molar-refractivity contribution in [3.63, 3.8) is 0 Å². The van der Waals surface area contributed by atoms with Crippen molar-refractivity contribution >= 4 is 23.6 Å². The van der Waals surface area contributed by atoms with Crippen molar-refractivity contribution in [2.45, 2.75) is 85.9 Å². The van der Waals surface area contributed by atoms with Crippen LogP contribution in [0.4, 0.5) is 10.5 Å². The molecular formula is C29H41N3O4. The number of hydrogen-bond acceptors (Lipinski definition) is 4. The van der Waals surface area contributed by atoms with E-state index >= 15 is 0 Å². The summed E-state index contributed by atoms with van der Waals surface area (Å²) < 4.78 is 5.34. The molecule has 0 aliphatic rings. The second kappa shape index (κ2) is 12.6. The second-order valence-electron chi connectivity index (χ2n) is 10.3. The van der Waals surface area contributed by atoms with E-state index in [1.54, 1.807) is 32.6 Å². The number of para-hydroxylation sites is 1. The molecule has 2 aromatic carbocycles. The predicted molar refractivity (Wildman–Crippen MR) is 144 cm³/mol. The maximum Gasteiger partial charge on any atom is 0.408 e. The highest BCUT2D eigenvalue weighted by Gasteiger charge is 2.36. The van der Waals surface area contributed by atoms with Crippen LogP contribution >= 0.6 is 0 Å². The molecule has 0 saturated carbocycles. The van der Waals surface area contributed by atoms with Crippen LogP contribution < -0.4 is 10.6 Å². The number of rotatable bonds is 9. The molecule has 0 aliphatic heterocycles. The largest absolute Gasteiger partial charge is 0.444 e. The average Bonchev–Trinajstić information content (AvgIpc) is 2.77. The Hall–Kier alpha value is -3.35. The van der Waals surface area contributed by atoms with Crippen molar-refractivity contribution < 1.29 is 19.1 Å². The molecule has 2 aromatic rings. The summed E-state index contributed by atoms with van der Waals surface area (Å²) in [5, 5.41) is 5.68. The highest BCUT2D eigenvalue weighted by Crippen LogP contribution is 2.30. The van der Waals surface area contributed by atoms with Gasteiger partial charge in [0.15, 0.2) is 0 Å². The van der Waals surface area contributed by atoms with E-state index in [9.17, 15) is 14.4 Å². The number of nitrogens with one attached hydrogen (secondary N) is 2. The quantitative estimate of drug-likeness (QED) is 0.458. The van der Waals surface area contributed by atoms with Crippen LogP contribution in [0.15, 0.2) is 42.5 Å². The number of ether oxygens (including phenoxy) is 1. The molecule has 2 N–H and O–H groups in total. The van der Waals surface area contributed by atoms with Crippen molar-refractivity contribution in [1.82, 2.24) is 10.2 Å². The van der Waals surface area contributed by atoms with E-state index in [1.807, 2.05) is 70.2 Å². The molecular weight excluding hydrogens is 454 g/mol. The van der Waals surface area contributed by atoms with Crippen LogP contribution in [0.3, 0.4) is 0 Å². The minimum Gasteiger partial charge on any atom is -0.444 e. The summed E-state index contributed by atoms with van der Waals surface area (Å²) in [6.45, 7) is 15.1. The fourth-order valence-electron chi connectivity index (χ4n) is 4.09. The topological polar surface area (TPSA) is 87.7 Å².